The highest BCUT2D eigenvalue weighted by Gasteiger charge is 2.40. The maximum atomic E-state index is 12.2. The van der Waals surface area contributed by atoms with E-state index in [1.807, 2.05) is 4.90 Å². The largest absolute Gasteiger partial charge is 0.339 e. The molecule has 0 radical (unpaired) electrons. The van der Waals surface area contributed by atoms with E-state index in [1.54, 1.807) is 19.0 Å². The second-order valence-electron chi connectivity index (χ2n) is 7.05. The third kappa shape index (κ3) is 3.69. The van der Waals surface area contributed by atoms with Crippen LogP contribution in [-0.4, -0.2) is 66.4 Å². The number of amides is 3. The van der Waals surface area contributed by atoms with Crippen LogP contribution in [-0.2, 0) is 4.79 Å². The minimum absolute atomic E-state index is 0.0964. The number of fused-ring (bicyclic) bond motifs is 1. The Morgan fingerprint density at radius 1 is 1.33 bits per heavy atom. The van der Waals surface area contributed by atoms with E-state index in [0.29, 0.717) is 30.2 Å². The van der Waals surface area contributed by atoms with Crippen LogP contribution >= 0.6 is 0 Å². The Labute approximate surface area is 128 Å². The van der Waals surface area contributed by atoms with Crippen molar-refractivity contribution in [3.8, 4) is 0 Å². The standard InChI is InChI=1S/C16H29N3O2/c1-12(2)7-10-19-14-8-9-18(16(21)17(3)4)11-13(14)5-6-15(19)20/h12-14H,5-11H2,1-4H3/t13-,14+/m0/s1. The molecule has 0 unspecified atom stereocenters. The second-order valence-corrected chi connectivity index (χ2v) is 7.05. The number of piperidine rings is 2. The number of hydrogen-bond acceptors (Lipinski definition) is 2. The third-order valence-corrected chi connectivity index (χ3v) is 4.74. The van der Waals surface area contributed by atoms with E-state index in [2.05, 4.69) is 18.7 Å². The van der Waals surface area contributed by atoms with Gasteiger partial charge in [-0.15, -0.1) is 0 Å². The van der Waals surface area contributed by atoms with Gasteiger partial charge in [-0.25, -0.2) is 4.79 Å². The minimum atomic E-state index is 0.0964. The Kier molecular flexibility index (Phi) is 5.12. The zero-order chi connectivity index (χ0) is 15.6. The Bertz CT molecular complexity index is 395. The molecule has 0 bridgehead atoms. The lowest BCUT2D eigenvalue weighted by molar-refractivity contribution is -0.140. The molecule has 3 amide bonds. The van der Waals surface area contributed by atoms with Crippen LogP contribution in [0.5, 0.6) is 0 Å². The molecule has 0 saturated carbocycles. The van der Waals surface area contributed by atoms with Gasteiger partial charge < -0.3 is 14.7 Å². The van der Waals surface area contributed by atoms with Gasteiger partial charge in [-0.3, -0.25) is 4.79 Å². The van der Waals surface area contributed by atoms with Crippen LogP contribution in [0.4, 0.5) is 4.79 Å². The lowest BCUT2D eigenvalue weighted by Gasteiger charge is -2.47. The molecule has 2 rings (SSSR count). The molecular weight excluding hydrogens is 266 g/mol. The van der Waals surface area contributed by atoms with Crippen molar-refractivity contribution in [2.75, 3.05) is 33.7 Å². The molecule has 2 fully saturated rings. The van der Waals surface area contributed by atoms with Crippen molar-refractivity contribution in [2.24, 2.45) is 11.8 Å². The first-order valence-corrected chi connectivity index (χ1v) is 8.15. The van der Waals surface area contributed by atoms with Gasteiger partial charge in [-0.1, -0.05) is 13.8 Å². The van der Waals surface area contributed by atoms with Crippen LogP contribution in [0.2, 0.25) is 0 Å². The molecule has 2 atom stereocenters. The molecule has 21 heavy (non-hydrogen) atoms. The smallest absolute Gasteiger partial charge is 0.319 e. The fraction of sp³-hybridized carbons (Fsp3) is 0.875. The maximum absolute atomic E-state index is 12.2. The minimum Gasteiger partial charge on any atom is -0.339 e. The molecule has 0 aliphatic carbocycles. The molecular formula is C16H29N3O2. The van der Waals surface area contributed by atoms with E-state index in [1.165, 1.54) is 0 Å². The summed E-state index contributed by atoms with van der Waals surface area (Å²) < 4.78 is 0. The monoisotopic (exact) mass is 295 g/mol. The van der Waals surface area contributed by atoms with Gasteiger partial charge in [0.1, 0.15) is 0 Å². The van der Waals surface area contributed by atoms with E-state index in [9.17, 15) is 9.59 Å². The Morgan fingerprint density at radius 2 is 2.05 bits per heavy atom. The molecule has 0 aromatic heterocycles. The number of carbonyl (C=O) groups excluding carboxylic acids is 2. The fourth-order valence-electron chi connectivity index (χ4n) is 3.50. The summed E-state index contributed by atoms with van der Waals surface area (Å²) in [6, 6.07) is 0.440. The first-order valence-electron chi connectivity index (χ1n) is 8.15. The van der Waals surface area contributed by atoms with Crippen LogP contribution in [0.1, 0.15) is 39.5 Å². The summed E-state index contributed by atoms with van der Waals surface area (Å²) in [5, 5.41) is 0. The highest BCUT2D eigenvalue weighted by atomic mass is 16.2. The summed E-state index contributed by atoms with van der Waals surface area (Å²) in [6.07, 6.45) is 3.56. The third-order valence-electron chi connectivity index (χ3n) is 4.74. The van der Waals surface area contributed by atoms with Crippen LogP contribution in [0.25, 0.3) is 0 Å². The quantitative estimate of drug-likeness (QED) is 0.799. The Balaban J connectivity index is 1.99. The van der Waals surface area contributed by atoms with Gasteiger partial charge in [-0.2, -0.15) is 0 Å². The molecule has 2 aliphatic rings. The molecule has 120 valence electrons. The van der Waals surface area contributed by atoms with Gasteiger partial charge in [0.2, 0.25) is 5.91 Å². The number of urea groups is 1. The highest BCUT2D eigenvalue weighted by Crippen LogP contribution is 2.32. The van der Waals surface area contributed by atoms with Gasteiger partial charge in [0.05, 0.1) is 0 Å². The summed E-state index contributed by atoms with van der Waals surface area (Å²) in [5.41, 5.74) is 0. The summed E-state index contributed by atoms with van der Waals surface area (Å²) in [5.74, 6) is 1.38. The zero-order valence-electron chi connectivity index (χ0n) is 13.8. The maximum Gasteiger partial charge on any atom is 0.319 e. The SMILES string of the molecule is CC(C)CCN1C(=O)CC[C@H]2CN(C(=O)N(C)C)CC[C@H]21. The summed E-state index contributed by atoms with van der Waals surface area (Å²) in [6.45, 7) is 6.84. The number of likely N-dealkylation sites (tertiary alicyclic amines) is 2. The van der Waals surface area contributed by atoms with E-state index < -0.39 is 0 Å². The average Bonchev–Trinajstić information content (AvgIpc) is 2.44. The van der Waals surface area contributed by atoms with Crippen LogP contribution < -0.4 is 0 Å². The summed E-state index contributed by atoms with van der Waals surface area (Å²) >= 11 is 0. The summed E-state index contributed by atoms with van der Waals surface area (Å²) in [4.78, 5) is 30.0. The van der Waals surface area contributed by atoms with Crippen molar-refractivity contribution >= 4 is 11.9 Å². The molecule has 2 saturated heterocycles. The lowest BCUT2D eigenvalue weighted by Crippen LogP contribution is -2.58. The van der Waals surface area contributed by atoms with E-state index in [0.717, 1.165) is 38.9 Å². The van der Waals surface area contributed by atoms with E-state index in [4.69, 9.17) is 0 Å². The highest BCUT2D eigenvalue weighted by molar-refractivity contribution is 5.78. The molecule has 0 aromatic carbocycles. The van der Waals surface area contributed by atoms with Crippen LogP contribution in [0, 0.1) is 11.8 Å². The molecule has 5 heteroatoms. The molecule has 0 spiro atoms. The molecule has 0 N–H and O–H groups in total. The Hall–Kier alpha value is -1.26. The first kappa shape index (κ1) is 16.1. The van der Waals surface area contributed by atoms with Crippen molar-refractivity contribution in [3.63, 3.8) is 0 Å². The zero-order valence-corrected chi connectivity index (χ0v) is 13.8. The van der Waals surface area contributed by atoms with Gasteiger partial charge in [0.15, 0.2) is 0 Å². The Morgan fingerprint density at radius 3 is 2.67 bits per heavy atom. The molecule has 5 nitrogen and oxygen atoms in total. The predicted octanol–water partition coefficient (Wildman–Crippen LogP) is 2.03. The number of carbonyl (C=O) groups is 2. The topological polar surface area (TPSA) is 43.9 Å². The van der Waals surface area contributed by atoms with Crippen molar-refractivity contribution in [2.45, 2.75) is 45.6 Å². The van der Waals surface area contributed by atoms with Crippen molar-refractivity contribution in [1.29, 1.82) is 0 Å². The predicted molar refractivity (Wildman–Crippen MR) is 83.0 cm³/mol. The van der Waals surface area contributed by atoms with Crippen molar-refractivity contribution in [3.05, 3.63) is 0 Å². The van der Waals surface area contributed by atoms with Gasteiger partial charge in [0.25, 0.3) is 0 Å². The molecule has 0 aromatic rings. The van der Waals surface area contributed by atoms with E-state index in [-0.39, 0.29) is 6.03 Å². The molecule has 2 heterocycles. The van der Waals surface area contributed by atoms with Crippen LogP contribution in [0.15, 0.2) is 0 Å². The van der Waals surface area contributed by atoms with Gasteiger partial charge in [0, 0.05) is 46.2 Å². The fourth-order valence-corrected chi connectivity index (χ4v) is 3.50. The normalized spacial score (nSPS) is 26.0. The van der Waals surface area contributed by atoms with Crippen molar-refractivity contribution < 1.29 is 9.59 Å². The lowest BCUT2D eigenvalue weighted by atomic mass is 9.83. The average molecular weight is 295 g/mol. The van der Waals surface area contributed by atoms with Crippen molar-refractivity contribution in [1.82, 2.24) is 14.7 Å². The number of nitrogens with zero attached hydrogens (tertiary/aromatic N) is 3. The first-order chi connectivity index (χ1) is 9.90. The summed E-state index contributed by atoms with van der Waals surface area (Å²) in [7, 11) is 3.60. The van der Waals surface area contributed by atoms with Gasteiger partial charge >= 0.3 is 6.03 Å². The molecule has 2 aliphatic heterocycles. The number of hydrogen-bond donors (Lipinski definition) is 0. The van der Waals surface area contributed by atoms with Gasteiger partial charge in [-0.05, 0) is 31.1 Å². The number of rotatable bonds is 3. The van der Waals surface area contributed by atoms with E-state index >= 15 is 0 Å². The second kappa shape index (κ2) is 6.67. The van der Waals surface area contributed by atoms with Crippen LogP contribution in [0.3, 0.4) is 0 Å².